The molecule has 0 N–H and O–H groups in total. The van der Waals surface area contributed by atoms with Gasteiger partial charge in [-0.25, -0.2) is 9.97 Å². The molecule has 0 saturated heterocycles. The van der Waals surface area contributed by atoms with E-state index in [1.54, 1.807) is 0 Å². The zero-order valence-corrected chi connectivity index (χ0v) is 10.2. The molecular formula is C11H16N4S. The minimum absolute atomic E-state index is 0.990. The number of aromatic nitrogens is 4. The zero-order chi connectivity index (χ0) is 11.2. The number of rotatable bonds is 6. The molecule has 2 heterocycles. The molecule has 0 atom stereocenters. The molecule has 5 heteroatoms. The second-order valence-electron chi connectivity index (χ2n) is 3.50. The summed E-state index contributed by atoms with van der Waals surface area (Å²) in [4.78, 5) is 8.35. The van der Waals surface area contributed by atoms with Gasteiger partial charge in [0.2, 0.25) is 0 Å². The Hall–Kier alpha value is -1.23. The first-order valence-electron chi connectivity index (χ1n) is 5.50. The summed E-state index contributed by atoms with van der Waals surface area (Å²) in [5.41, 5.74) is 0. The quantitative estimate of drug-likeness (QED) is 0.570. The molecule has 0 bridgehead atoms. The van der Waals surface area contributed by atoms with Gasteiger partial charge in [0.25, 0.3) is 0 Å². The number of thioether (sulfide) groups is 1. The standard InChI is InChI=1S/C11H16N4S/c1-2-15-8-5-13-11(15)16-9-3-6-14-7-4-12-10-14/h4-5,7-8,10H,2-3,6,9H2,1H3. The number of imidazole rings is 2. The van der Waals surface area contributed by atoms with Gasteiger partial charge < -0.3 is 9.13 Å². The molecule has 0 aromatic carbocycles. The van der Waals surface area contributed by atoms with E-state index in [0.29, 0.717) is 0 Å². The topological polar surface area (TPSA) is 35.6 Å². The first-order valence-corrected chi connectivity index (χ1v) is 6.48. The van der Waals surface area contributed by atoms with Gasteiger partial charge in [0, 0.05) is 43.6 Å². The van der Waals surface area contributed by atoms with E-state index < -0.39 is 0 Å². The van der Waals surface area contributed by atoms with Crippen LogP contribution in [0, 0.1) is 0 Å². The van der Waals surface area contributed by atoms with E-state index >= 15 is 0 Å². The van der Waals surface area contributed by atoms with Gasteiger partial charge in [-0.2, -0.15) is 0 Å². The molecule has 4 nitrogen and oxygen atoms in total. The first-order chi connectivity index (χ1) is 7.90. The molecular weight excluding hydrogens is 220 g/mol. The van der Waals surface area contributed by atoms with E-state index in [-0.39, 0.29) is 0 Å². The highest BCUT2D eigenvalue weighted by atomic mass is 32.2. The molecule has 0 aliphatic carbocycles. The van der Waals surface area contributed by atoms with E-state index in [2.05, 4.69) is 26.0 Å². The molecule has 2 rings (SSSR count). The highest BCUT2D eigenvalue weighted by Crippen LogP contribution is 2.16. The Bertz CT molecular complexity index is 407. The van der Waals surface area contributed by atoms with Crippen molar-refractivity contribution in [1.82, 2.24) is 19.1 Å². The van der Waals surface area contributed by atoms with Crippen LogP contribution in [0.3, 0.4) is 0 Å². The van der Waals surface area contributed by atoms with Crippen molar-refractivity contribution in [1.29, 1.82) is 0 Å². The fraction of sp³-hybridized carbons (Fsp3) is 0.455. The molecule has 0 aliphatic heterocycles. The van der Waals surface area contributed by atoms with Gasteiger partial charge in [0.05, 0.1) is 6.33 Å². The monoisotopic (exact) mass is 236 g/mol. The fourth-order valence-electron chi connectivity index (χ4n) is 1.51. The van der Waals surface area contributed by atoms with Gasteiger partial charge in [-0.1, -0.05) is 11.8 Å². The molecule has 0 spiro atoms. The largest absolute Gasteiger partial charge is 0.337 e. The Labute approximate surface area is 99.7 Å². The van der Waals surface area contributed by atoms with Gasteiger partial charge in [-0.05, 0) is 13.3 Å². The minimum Gasteiger partial charge on any atom is -0.337 e. The number of hydrogen-bond donors (Lipinski definition) is 0. The summed E-state index contributed by atoms with van der Waals surface area (Å²) in [6, 6.07) is 0. The van der Waals surface area contributed by atoms with E-state index in [9.17, 15) is 0 Å². The molecule has 2 aromatic rings. The average Bonchev–Trinajstić information content (AvgIpc) is 2.95. The van der Waals surface area contributed by atoms with E-state index in [1.807, 2.05) is 42.9 Å². The zero-order valence-electron chi connectivity index (χ0n) is 9.41. The van der Waals surface area contributed by atoms with Crippen molar-refractivity contribution in [2.24, 2.45) is 0 Å². The van der Waals surface area contributed by atoms with Crippen molar-refractivity contribution >= 4 is 11.8 Å². The van der Waals surface area contributed by atoms with Crippen molar-refractivity contribution in [3.05, 3.63) is 31.1 Å². The van der Waals surface area contributed by atoms with Gasteiger partial charge >= 0.3 is 0 Å². The number of hydrogen-bond acceptors (Lipinski definition) is 3. The third-order valence-electron chi connectivity index (χ3n) is 2.37. The summed E-state index contributed by atoms with van der Waals surface area (Å²) in [6.45, 7) is 4.15. The van der Waals surface area contributed by atoms with Gasteiger partial charge in [-0.15, -0.1) is 0 Å². The maximum Gasteiger partial charge on any atom is 0.167 e. The number of nitrogens with zero attached hydrogens (tertiary/aromatic N) is 4. The molecule has 0 amide bonds. The lowest BCUT2D eigenvalue weighted by atomic mass is 10.5. The Morgan fingerprint density at radius 2 is 2.25 bits per heavy atom. The Morgan fingerprint density at radius 1 is 1.31 bits per heavy atom. The van der Waals surface area contributed by atoms with Crippen LogP contribution < -0.4 is 0 Å². The molecule has 86 valence electrons. The Kier molecular flexibility index (Phi) is 4.04. The van der Waals surface area contributed by atoms with Crippen molar-refractivity contribution in [3.8, 4) is 0 Å². The summed E-state index contributed by atoms with van der Waals surface area (Å²) in [6.07, 6.45) is 10.7. The summed E-state index contributed by atoms with van der Waals surface area (Å²) in [5.74, 6) is 1.09. The van der Waals surface area contributed by atoms with Gasteiger partial charge in [-0.3, -0.25) is 0 Å². The maximum absolute atomic E-state index is 4.33. The molecule has 2 aromatic heterocycles. The lowest BCUT2D eigenvalue weighted by molar-refractivity contribution is 0.670. The summed E-state index contributed by atoms with van der Waals surface area (Å²) in [5, 5.41) is 1.12. The van der Waals surface area contributed by atoms with Crippen molar-refractivity contribution in [3.63, 3.8) is 0 Å². The fourth-order valence-corrected chi connectivity index (χ4v) is 2.45. The van der Waals surface area contributed by atoms with Crippen molar-refractivity contribution in [2.75, 3.05) is 5.75 Å². The average molecular weight is 236 g/mol. The Balaban J connectivity index is 1.72. The normalized spacial score (nSPS) is 10.8. The second-order valence-corrected chi connectivity index (χ2v) is 4.56. The highest BCUT2D eigenvalue weighted by molar-refractivity contribution is 7.99. The van der Waals surface area contributed by atoms with Crippen LogP contribution >= 0.6 is 11.8 Å². The van der Waals surface area contributed by atoms with Crippen LogP contribution in [0.2, 0.25) is 0 Å². The second kappa shape index (κ2) is 5.75. The molecule has 0 radical (unpaired) electrons. The highest BCUT2D eigenvalue weighted by Gasteiger charge is 2.01. The molecule has 0 fully saturated rings. The van der Waals surface area contributed by atoms with Crippen molar-refractivity contribution in [2.45, 2.75) is 31.6 Å². The predicted molar refractivity (Wildman–Crippen MR) is 65.5 cm³/mol. The van der Waals surface area contributed by atoms with Crippen LogP contribution in [-0.2, 0) is 13.1 Å². The van der Waals surface area contributed by atoms with E-state index in [1.165, 1.54) is 0 Å². The molecule has 0 unspecified atom stereocenters. The lowest BCUT2D eigenvalue weighted by Crippen LogP contribution is -1.98. The Morgan fingerprint density at radius 3 is 3.00 bits per heavy atom. The first kappa shape index (κ1) is 11.3. The number of aryl methyl sites for hydroxylation is 2. The van der Waals surface area contributed by atoms with Crippen LogP contribution in [-0.4, -0.2) is 24.9 Å². The van der Waals surface area contributed by atoms with E-state index in [4.69, 9.17) is 0 Å². The van der Waals surface area contributed by atoms with Crippen LogP contribution in [0.5, 0.6) is 0 Å². The summed E-state index contributed by atoms with van der Waals surface area (Å²) in [7, 11) is 0. The minimum atomic E-state index is 0.990. The van der Waals surface area contributed by atoms with Crippen LogP contribution in [0.15, 0.2) is 36.3 Å². The summed E-state index contributed by atoms with van der Waals surface area (Å²) >= 11 is 1.82. The van der Waals surface area contributed by atoms with Crippen LogP contribution in [0.4, 0.5) is 0 Å². The molecule has 0 aliphatic rings. The molecule has 0 saturated carbocycles. The van der Waals surface area contributed by atoms with Crippen LogP contribution in [0.25, 0.3) is 0 Å². The SMILES string of the molecule is CCn1ccnc1SCCCn1ccnc1. The van der Waals surface area contributed by atoms with E-state index in [0.717, 1.165) is 30.4 Å². The van der Waals surface area contributed by atoms with Crippen LogP contribution in [0.1, 0.15) is 13.3 Å². The van der Waals surface area contributed by atoms with Gasteiger partial charge in [0.15, 0.2) is 5.16 Å². The maximum atomic E-state index is 4.33. The lowest BCUT2D eigenvalue weighted by Gasteiger charge is -2.04. The molecule has 16 heavy (non-hydrogen) atoms. The van der Waals surface area contributed by atoms with Crippen molar-refractivity contribution < 1.29 is 0 Å². The summed E-state index contributed by atoms with van der Waals surface area (Å²) < 4.78 is 4.27. The smallest absolute Gasteiger partial charge is 0.167 e. The third-order valence-corrected chi connectivity index (χ3v) is 3.46. The predicted octanol–water partition coefficient (Wildman–Crippen LogP) is 2.28. The van der Waals surface area contributed by atoms with Gasteiger partial charge in [0.1, 0.15) is 0 Å². The third kappa shape index (κ3) is 2.88.